The average molecular weight is 427 g/mol. The zero-order valence-corrected chi connectivity index (χ0v) is 18.3. The van der Waals surface area contributed by atoms with Crippen molar-refractivity contribution >= 4 is 28.0 Å². The molecule has 1 aliphatic rings. The number of nitrogens with zero attached hydrogens (tertiary/aromatic N) is 1. The van der Waals surface area contributed by atoms with Crippen LogP contribution in [-0.4, -0.2) is 23.9 Å². The van der Waals surface area contributed by atoms with E-state index in [1.165, 1.54) is 22.1 Å². The molecule has 0 aliphatic carbocycles. The molecule has 3 nitrogen and oxygen atoms in total. The highest BCUT2D eigenvalue weighted by Crippen LogP contribution is 2.29. The zero-order valence-electron chi connectivity index (χ0n) is 17.5. The van der Waals surface area contributed by atoms with Gasteiger partial charge in [-0.15, -0.1) is 0 Å². The minimum absolute atomic E-state index is 0.0778. The summed E-state index contributed by atoms with van der Waals surface area (Å²) in [6, 6.07) is 25.5. The Labute approximate surface area is 187 Å². The van der Waals surface area contributed by atoms with Gasteiger partial charge in [-0.3, -0.25) is 9.69 Å². The quantitative estimate of drug-likeness (QED) is 0.450. The predicted molar refractivity (Wildman–Crippen MR) is 128 cm³/mol. The fourth-order valence-electron chi connectivity index (χ4n) is 4.60. The molecule has 0 fully saturated rings. The van der Waals surface area contributed by atoms with Crippen LogP contribution in [0.4, 0.5) is 0 Å². The molecule has 2 heterocycles. The third-order valence-electron chi connectivity index (χ3n) is 6.25. The molecule has 1 unspecified atom stereocenters. The Morgan fingerprint density at radius 1 is 0.968 bits per heavy atom. The molecule has 0 saturated carbocycles. The van der Waals surface area contributed by atoms with Crippen LogP contribution in [0.3, 0.4) is 0 Å². The van der Waals surface area contributed by atoms with Crippen molar-refractivity contribution in [1.82, 2.24) is 10.2 Å². The molecule has 1 atom stereocenters. The van der Waals surface area contributed by atoms with E-state index in [-0.39, 0.29) is 11.9 Å². The monoisotopic (exact) mass is 426 g/mol. The predicted octanol–water partition coefficient (Wildman–Crippen LogP) is 5.36. The van der Waals surface area contributed by atoms with E-state index in [9.17, 15) is 4.79 Å². The summed E-state index contributed by atoms with van der Waals surface area (Å²) in [5.74, 6) is 0.0778. The van der Waals surface area contributed by atoms with Gasteiger partial charge in [0.2, 0.25) is 5.91 Å². The topological polar surface area (TPSA) is 32.3 Å². The summed E-state index contributed by atoms with van der Waals surface area (Å²) in [6.45, 7) is 2.56. The number of carbonyl (C=O) groups excluding carboxylic acids is 1. The van der Waals surface area contributed by atoms with E-state index in [4.69, 9.17) is 0 Å². The van der Waals surface area contributed by atoms with Gasteiger partial charge < -0.3 is 5.32 Å². The van der Waals surface area contributed by atoms with Crippen LogP contribution in [0.15, 0.2) is 83.6 Å². The minimum atomic E-state index is 0.0778. The van der Waals surface area contributed by atoms with E-state index in [1.54, 1.807) is 11.3 Å². The average Bonchev–Trinajstić information content (AvgIpc) is 3.34. The maximum absolute atomic E-state index is 12.9. The Morgan fingerprint density at radius 3 is 2.65 bits per heavy atom. The molecule has 1 N–H and O–H groups in total. The Balaban J connectivity index is 1.30. The van der Waals surface area contributed by atoms with Gasteiger partial charge in [-0.1, -0.05) is 66.7 Å². The summed E-state index contributed by atoms with van der Waals surface area (Å²) in [4.78, 5) is 15.4. The fourth-order valence-corrected chi connectivity index (χ4v) is 5.31. The molecule has 5 rings (SSSR count). The van der Waals surface area contributed by atoms with Crippen molar-refractivity contribution in [3.8, 4) is 0 Å². The molecule has 0 radical (unpaired) electrons. The first-order valence-corrected chi connectivity index (χ1v) is 11.8. The summed E-state index contributed by atoms with van der Waals surface area (Å²) in [5, 5.41) is 9.89. The van der Waals surface area contributed by atoms with Gasteiger partial charge >= 0.3 is 0 Å². The smallest absolute Gasteiger partial charge is 0.224 e. The van der Waals surface area contributed by atoms with Gasteiger partial charge in [0.1, 0.15) is 0 Å². The lowest BCUT2D eigenvalue weighted by Crippen LogP contribution is -2.40. The Hall–Kier alpha value is -2.95. The van der Waals surface area contributed by atoms with E-state index in [2.05, 4.69) is 75.6 Å². The number of benzene rings is 3. The molecule has 0 saturated heterocycles. The van der Waals surface area contributed by atoms with Crippen molar-refractivity contribution in [2.24, 2.45) is 0 Å². The second-order valence-electron chi connectivity index (χ2n) is 8.18. The minimum Gasteiger partial charge on any atom is -0.354 e. The van der Waals surface area contributed by atoms with Crippen LogP contribution < -0.4 is 5.32 Å². The second kappa shape index (κ2) is 9.04. The Morgan fingerprint density at radius 2 is 1.77 bits per heavy atom. The van der Waals surface area contributed by atoms with Crippen molar-refractivity contribution in [3.63, 3.8) is 0 Å². The number of nitrogens with one attached hydrogen (secondary N) is 1. The maximum atomic E-state index is 12.9. The van der Waals surface area contributed by atoms with E-state index in [0.717, 1.165) is 30.5 Å². The molecule has 3 aromatic carbocycles. The Kier molecular flexibility index (Phi) is 5.83. The number of hydrogen-bond donors (Lipinski definition) is 1. The summed E-state index contributed by atoms with van der Waals surface area (Å²) >= 11 is 1.72. The van der Waals surface area contributed by atoms with Crippen molar-refractivity contribution in [1.29, 1.82) is 0 Å². The number of rotatable bonds is 6. The van der Waals surface area contributed by atoms with Crippen LogP contribution >= 0.6 is 11.3 Å². The molecule has 1 amide bonds. The molecule has 0 bridgehead atoms. The largest absolute Gasteiger partial charge is 0.354 e. The number of hydrogen-bond acceptors (Lipinski definition) is 3. The van der Waals surface area contributed by atoms with Crippen molar-refractivity contribution in [2.75, 3.05) is 13.1 Å². The molecule has 4 aromatic rings. The first-order valence-electron chi connectivity index (χ1n) is 10.8. The highest BCUT2D eigenvalue weighted by atomic mass is 32.1. The van der Waals surface area contributed by atoms with Crippen LogP contribution in [0.5, 0.6) is 0 Å². The van der Waals surface area contributed by atoms with Crippen molar-refractivity contribution in [2.45, 2.75) is 25.4 Å². The first-order chi connectivity index (χ1) is 15.3. The molecule has 1 aliphatic heterocycles. The van der Waals surface area contributed by atoms with Gasteiger partial charge in [0, 0.05) is 19.6 Å². The van der Waals surface area contributed by atoms with Gasteiger partial charge in [-0.25, -0.2) is 0 Å². The van der Waals surface area contributed by atoms with Gasteiger partial charge in [-0.05, 0) is 56.3 Å². The van der Waals surface area contributed by atoms with Crippen LogP contribution in [0.1, 0.15) is 28.3 Å². The number of amides is 1. The van der Waals surface area contributed by atoms with Gasteiger partial charge in [-0.2, -0.15) is 11.3 Å². The highest BCUT2D eigenvalue weighted by Gasteiger charge is 2.25. The molecule has 0 spiro atoms. The van der Waals surface area contributed by atoms with E-state index in [0.29, 0.717) is 13.0 Å². The molecule has 156 valence electrons. The SMILES string of the molecule is O=C(Cc1cccc2ccccc12)NCC(c1ccsc1)N1CCc2ccccc2C1. The summed E-state index contributed by atoms with van der Waals surface area (Å²) in [7, 11) is 0. The van der Waals surface area contributed by atoms with Gasteiger partial charge in [0.25, 0.3) is 0 Å². The van der Waals surface area contributed by atoms with Crippen LogP contribution in [0.25, 0.3) is 10.8 Å². The third-order valence-corrected chi connectivity index (χ3v) is 6.95. The van der Waals surface area contributed by atoms with E-state index < -0.39 is 0 Å². The highest BCUT2D eigenvalue weighted by molar-refractivity contribution is 7.08. The Bertz CT molecular complexity index is 1180. The number of fused-ring (bicyclic) bond motifs is 2. The molecule has 1 aromatic heterocycles. The van der Waals surface area contributed by atoms with Gasteiger partial charge in [0.15, 0.2) is 0 Å². The second-order valence-corrected chi connectivity index (χ2v) is 8.96. The molecular formula is C27H26N2OS. The maximum Gasteiger partial charge on any atom is 0.224 e. The first kappa shape index (κ1) is 20.0. The fraction of sp³-hybridized carbons (Fsp3) is 0.222. The third kappa shape index (κ3) is 4.41. The van der Waals surface area contributed by atoms with Crippen LogP contribution in [0, 0.1) is 0 Å². The lowest BCUT2D eigenvalue weighted by atomic mass is 9.97. The van der Waals surface area contributed by atoms with Crippen LogP contribution in [0.2, 0.25) is 0 Å². The zero-order chi connectivity index (χ0) is 21.0. The van der Waals surface area contributed by atoms with E-state index in [1.807, 2.05) is 18.2 Å². The van der Waals surface area contributed by atoms with E-state index >= 15 is 0 Å². The summed E-state index contributed by atoms with van der Waals surface area (Å²) in [5.41, 5.74) is 5.21. The lowest BCUT2D eigenvalue weighted by molar-refractivity contribution is -0.120. The number of carbonyl (C=O) groups is 1. The standard InChI is InChI=1S/C27H26N2OS/c30-27(16-22-10-5-9-21-7-3-4-11-25(21)22)28-17-26(24-13-15-31-19-24)29-14-12-20-6-1-2-8-23(20)18-29/h1-11,13,15,19,26H,12,14,16-18H2,(H,28,30). The summed E-state index contributed by atoms with van der Waals surface area (Å²) < 4.78 is 0. The molecule has 4 heteroatoms. The van der Waals surface area contributed by atoms with Crippen molar-refractivity contribution in [3.05, 3.63) is 106 Å². The number of thiophene rings is 1. The molecular weight excluding hydrogens is 400 g/mol. The molecule has 31 heavy (non-hydrogen) atoms. The normalized spacial score (nSPS) is 14.8. The van der Waals surface area contributed by atoms with Gasteiger partial charge in [0.05, 0.1) is 12.5 Å². The van der Waals surface area contributed by atoms with Crippen LogP contribution in [-0.2, 0) is 24.2 Å². The lowest BCUT2D eigenvalue weighted by Gasteiger charge is -2.35. The summed E-state index contributed by atoms with van der Waals surface area (Å²) in [6.07, 6.45) is 1.46. The van der Waals surface area contributed by atoms with Crippen molar-refractivity contribution < 1.29 is 4.79 Å².